The van der Waals surface area contributed by atoms with Crippen molar-refractivity contribution in [3.63, 3.8) is 0 Å². The van der Waals surface area contributed by atoms with Gasteiger partial charge in [-0.25, -0.2) is 0 Å². The highest BCUT2D eigenvalue weighted by Crippen LogP contribution is 2.30. The average Bonchev–Trinajstić information content (AvgIpc) is 2.98. The third-order valence-corrected chi connectivity index (χ3v) is 3.41. The SMILES string of the molecule is COc1ccc(-c2noc(C3CCC(=O)CC3)n2)nn1. The second-order valence-electron chi connectivity index (χ2n) is 4.73. The molecule has 3 rings (SSSR count). The van der Waals surface area contributed by atoms with Crippen LogP contribution in [0.3, 0.4) is 0 Å². The Balaban J connectivity index is 1.77. The molecule has 0 saturated heterocycles. The molecule has 1 aliphatic rings. The molecule has 104 valence electrons. The predicted molar refractivity (Wildman–Crippen MR) is 68.1 cm³/mol. The van der Waals surface area contributed by atoms with Gasteiger partial charge in [0, 0.05) is 24.8 Å². The van der Waals surface area contributed by atoms with Crippen molar-refractivity contribution in [2.24, 2.45) is 0 Å². The van der Waals surface area contributed by atoms with Gasteiger partial charge in [0.15, 0.2) is 0 Å². The third-order valence-electron chi connectivity index (χ3n) is 3.41. The first-order chi connectivity index (χ1) is 9.76. The summed E-state index contributed by atoms with van der Waals surface area (Å²) in [6, 6.07) is 3.42. The highest BCUT2D eigenvalue weighted by molar-refractivity contribution is 5.79. The van der Waals surface area contributed by atoms with Crippen molar-refractivity contribution >= 4 is 5.78 Å². The summed E-state index contributed by atoms with van der Waals surface area (Å²) in [4.78, 5) is 15.6. The standard InChI is InChI=1S/C13H14N4O3/c1-19-11-7-6-10(15-16-11)12-14-13(20-17-12)8-2-4-9(18)5-3-8/h6-8H,2-5H2,1H3. The largest absolute Gasteiger partial charge is 0.480 e. The summed E-state index contributed by atoms with van der Waals surface area (Å²) in [7, 11) is 1.53. The lowest BCUT2D eigenvalue weighted by atomic mass is 9.88. The highest BCUT2D eigenvalue weighted by atomic mass is 16.5. The Kier molecular flexibility index (Phi) is 3.41. The van der Waals surface area contributed by atoms with E-state index in [1.165, 1.54) is 7.11 Å². The Hall–Kier alpha value is -2.31. The Morgan fingerprint density at radius 3 is 2.70 bits per heavy atom. The maximum absolute atomic E-state index is 11.2. The van der Waals surface area contributed by atoms with Gasteiger partial charge < -0.3 is 9.26 Å². The summed E-state index contributed by atoms with van der Waals surface area (Å²) in [5.41, 5.74) is 0.535. The number of carbonyl (C=O) groups excluding carboxylic acids is 1. The van der Waals surface area contributed by atoms with Crippen LogP contribution in [0.25, 0.3) is 11.5 Å². The minimum absolute atomic E-state index is 0.167. The van der Waals surface area contributed by atoms with Crippen LogP contribution in [0.4, 0.5) is 0 Å². The molecule has 7 nitrogen and oxygen atoms in total. The van der Waals surface area contributed by atoms with Crippen molar-refractivity contribution < 1.29 is 14.1 Å². The summed E-state index contributed by atoms with van der Waals surface area (Å²) in [6.07, 6.45) is 2.72. The Morgan fingerprint density at radius 1 is 1.25 bits per heavy atom. The molecular formula is C13H14N4O3. The van der Waals surface area contributed by atoms with Gasteiger partial charge in [-0.05, 0) is 18.9 Å². The van der Waals surface area contributed by atoms with E-state index in [0.29, 0.717) is 41.9 Å². The molecular weight excluding hydrogens is 260 g/mol. The van der Waals surface area contributed by atoms with Crippen LogP contribution in [0, 0.1) is 0 Å². The van der Waals surface area contributed by atoms with Crippen LogP contribution in [0.1, 0.15) is 37.5 Å². The molecule has 0 unspecified atom stereocenters. The van der Waals surface area contributed by atoms with Gasteiger partial charge in [-0.1, -0.05) is 5.16 Å². The molecule has 0 aromatic carbocycles. The maximum Gasteiger partial charge on any atom is 0.233 e. The molecule has 20 heavy (non-hydrogen) atoms. The smallest absolute Gasteiger partial charge is 0.233 e. The van der Waals surface area contributed by atoms with Crippen LogP contribution in [0.5, 0.6) is 5.88 Å². The minimum Gasteiger partial charge on any atom is -0.480 e. The fourth-order valence-corrected chi connectivity index (χ4v) is 2.24. The van der Waals surface area contributed by atoms with Crippen molar-refractivity contribution in [2.75, 3.05) is 7.11 Å². The number of rotatable bonds is 3. The van der Waals surface area contributed by atoms with Crippen molar-refractivity contribution in [3.05, 3.63) is 18.0 Å². The fraction of sp³-hybridized carbons (Fsp3) is 0.462. The zero-order chi connectivity index (χ0) is 13.9. The number of carbonyl (C=O) groups is 1. The molecule has 1 aliphatic carbocycles. The third kappa shape index (κ3) is 2.52. The first kappa shape index (κ1) is 12.7. The van der Waals surface area contributed by atoms with E-state index in [9.17, 15) is 4.79 Å². The van der Waals surface area contributed by atoms with Gasteiger partial charge in [-0.3, -0.25) is 4.79 Å². The van der Waals surface area contributed by atoms with E-state index >= 15 is 0 Å². The second-order valence-corrected chi connectivity index (χ2v) is 4.73. The normalized spacial score (nSPS) is 16.4. The van der Waals surface area contributed by atoms with Gasteiger partial charge in [-0.15, -0.1) is 10.2 Å². The zero-order valence-corrected chi connectivity index (χ0v) is 11.1. The number of methoxy groups -OCH3 is 1. The van der Waals surface area contributed by atoms with Crippen LogP contribution in [-0.2, 0) is 4.79 Å². The summed E-state index contributed by atoms with van der Waals surface area (Å²) in [6.45, 7) is 0. The number of ether oxygens (including phenoxy) is 1. The van der Waals surface area contributed by atoms with E-state index in [4.69, 9.17) is 9.26 Å². The predicted octanol–water partition coefficient (Wildman–Crippen LogP) is 1.76. The number of aromatic nitrogens is 4. The van der Waals surface area contributed by atoms with Gasteiger partial charge in [0.1, 0.15) is 11.5 Å². The van der Waals surface area contributed by atoms with Crippen molar-refractivity contribution in [1.29, 1.82) is 0 Å². The molecule has 0 atom stereocenters. The number of Topliss-reactive ketones (excluding diaryl/α,β-unsaturated/α-hetero) is 1. The number of hydrogen-bond acceptors (Lipinski definition) is 7. The second kappa shape index (κ2) is 5.36. The molecule has 1 saturated carbocycles. The molecule has 0 N–H and O–H groups in total. The molecule has 0 radical (unpaired) electrons. The summed E-state index contributed by atoms with van der Waals surface area (Å²) in [5.74, 6) is 1.89. The van der Waals surface area contributed by atoms with E-state index in [1.807, 2.05) is 0 Å². The van der Waals surface area contributed by atoms with Crippen molar-refractivity contribution in [3.8, 4) is 17.4 Å². The lowest BCUT2D eigenvalue weighted by Crippen LogP contribution is -2.12. The van der Waals surface area contributed by atoms with Crippen LogP contribution in [0.15, 0.2) is 16.7 Å². The molecule has 2 aromatic rings. The summed E-state index contributed by atoms with van der Waals surface area (Å²) in [5, 5.41) is 11.8. The molecule has 0 spiro atoms. The first-order valence-electron chi connectivity index (χ1n) is 6.49. The Labute approximate surface area is 115 Å². The zero-order valence-electron chi connectivity index (χ0n) is 11.1. The van der Waals surface area contributed by atoms with Gasteiger partial charge in [0.2, 0.25) is 17.6 Å². The molecule has 2 aromatic heterocycles. The van der Waals surface area contributed by atoms with Gasteiger partial charge in [-0.2, -0.15) is 4.98 Å². The van der Waals surface area contributed by atoms with Crippen LogP contribution in [-0.4, -0.2) is 33.2 Å². The van der Waals surface area contributed by atoms with Crippen molar-refractivity contribution in [1.82, 2.24) is 20.3 Å². The molecule has 2 heterocycles. The van der Waals surface area contributed by atoms with E-state index in [-0.39, 0.29) is 5.92 Å². The van der Waals surface area contributed by atoms with Gasteiger partial charge in [0.25, 0.3) is 0 Å². The van der Waals surface area contributed by atoms with E-state index in [1.54, 1.807) is 12.1 Å². The van der Waals surface area contributed by atoms with E-state index in [2.05, 4.69) is 20.3 Å². The maximum atomic E-state index is 11.2. The van der Waals surface area contributed by atoms with Crippen LogP contribution < -0.4 is 4.74 Å². The van der Waals surface area contributed by atoms with E-state index in [0.717, 1.165) is 12.8 Å². The monoisotopic (exact) mass is 274 g/mol. The lowest BCUT2D eigenvalue weighted by molar-refractivity contribution is -0.120. The van der Waals surface area contributed by atoms with Crippen LogP contribution in [0.2, 0.25) is 0 Å². The highest BCUT2D eigenvalue weighted by Gasteiger charge is 2.25. The molecule has 0 aliphatic heterocycles. The fourth-order valence-electron chi connectivity index (χ4n) is 2.24. The van der Waals surface area contributed by atoms with Crippen molar-refractivity contribution in [2.45, 2.75) is 31.6 Å². The number of ketones is 1. The minimum atomic E-state index is 0.167. The number of nitrogens with zero attached hydrogens (tertiary/aromatic N) is 4. The quantitative estimate of drug-likeness (QED) is 0.842. The molecule has 1 fully saturated rings. The molecule has 0 amide bonds. The van der Waals surface area contributed by atoms with Crippen LogP contribution >= 0.6 is 0 Å². The van der Waals surface area contributed by atoms with Gasteiger partial charge in [0.05, 0.1) is 7.11 Å². The molecule has 0 bridgehead atoms. The molecule has 7 heteroatoms. The Bertz CT molecular complexity index is 598. The first-order valence-corrected chi connectivity index (χ1v) is 6.49. The average molecular weight is 274 g/mol. The summed E-state index contributed by atoms with van der Waals surface area (Å²) >= 11 is 0. The summed E-state index contributed by atoms with van der Waals surface area (Å²) < 4.78 is 10.2. The van der Waals surface area contributed by atoms with Gasteiger partial charge >= 0.3 is 0 Å². The topological polar surface area (TPSA) is 91.0 Å². The lowest BCUT2D eigenvalue weighted by Gasteiger charge is -2.16. The Morgan fingerprint density at radius 2 is 2.05 bits per heavy atom. The number of hydrogen-bond donors (Lipinski definition) is 0. The van der Waals surface area contributed by atoms with E-state index < -0.39 is 0 Å².